The monoisotopic (exact) mass is 382 g/mol. The second-order valence-corrected chi connectivity index (χ2v) is 7.34. The lowest BCUT2D eigenvalue weighted by molar-refractivity contribution is -0.146. The number of benzene rings is 2. The van der Waals surface area contributed by atoms with Crippen molar-refractivity contribution in [3.05, 3.63) is 54.1 Å². The molecule has 0 N–H and O–H groups in total. The summed E-state index contributed by atoms with van der Waals surface area (Å²) in [7, 11) is 0. The van der Waals surface area contributed by atoms with Gasteiger partial charge >= 0.3 is 5.97 Å². The summed E-state index contributed by atoms with van der Waals surface area (Å²) < 4.78 is 5.17. The van der Waals surface area contributed by atoms with Crippen molar-refractivity contribution in [2.45, 2.75) is 11.3 Å². The summed E-state index contributed by atoms with van der Waals surface area (Å²) in [6, 6.07) is 15.1. The summed E-state index contributed by atoms with van der Waals surface area (Å²) in [5.74, 6) is -0.705. The van der Waals surface area contributed by atoms with Gasteiger partial charge in [-0.3, -0.25) is 19.3 Å². The minimum absolute atomic E-state index is 0.143. The van der Waals surface area contributed by atoms with Crippen molar-refractivity contribution in [2.75, 3.05) is 35.2 Å². The van der Waals surface area contributed by atoms with Crippen LogP contribution < -0.4 is 9.80 Å². The molecular formula is C20H18N2O4S. The molecule has 2 aromatic carbocycles. The highest BCUT2D eigenvalue weighted by atomic mass is 32.2. The van der Waals surface area contributed by atoms with E-state index < -0.39 is 5.97 Å². The van der Waals surface area contributed by atoms with Crippen LogP contribution in [0.2, 0.25) is 0 Å². The number of carbonyl (C=O) groups is 3. The molecule has 0 radical (unpaired) electrons. The van der Waals surface area contributed by atoms with Crippen LogP contribution in [0.4, 0.5) is 11.4 Å². The fourth-order valence-electron chi connectivity index (χ4n) is 3.32. The third kappa shape index (κ3) is 3.55. The number of para-hydroxylation sites is 2. The lowest BCUT2D eigenvalue weighted by Crippen LogP contribution is -2.41. The van der Waals surface area contributed by atoms with Gasteiger partial charge in [-0.2, -0.15) is 0 Å². The van der Waals surface area contributed by atoms with E-state index in [4.69, 9.17) is 4.74 Å². The zero-order valence-electron chi connectivity index (χ0n) is 14.6. The van der Waals surface area contributed by atoms with Crippen LogP contribution >= 0.6 is 11.8 Å². The maximum Gasteiger partial charge on any atom is 0.326 e. The zero-order chi connectivity index (χ0) is 18.8. The van der Waals surface area contributed by atoms with Gasteiger partial charge in [0.2, 0.25) is 5.91 Å². The minimum Gasteiger partial charge on any atom is -0.454 e. The second kappa shape index (κ2) is 7.44. The Kier molecular flexibility index (Phi) is 4.85. The second-order valence-electron chi connectivity index (χ2n) is 6.32. The number of carbonyl (C=O) groups excluding carboxylic acids is 3. The van der Waals surface area contributed by atoms with E-state index in [1.54, 1.807) is 11.0 Å². The number of ether oxygens (including phenoxy) is 1. The average molecular weight is 382 g/mol. The van der Waals surface area contributed by atoms with E-state index >= 15 is 0 Å². The largest absolute Gasteiger partial charge is 0.454 e. The SMILES string of the molecule is O=C(CN1C(=O)CSc2ccccc21)OCC(=O)N1CCc2ccccc21. The number of fused-ring (bicyclic) bond motifs is 2. The van der Waals surface area contributed by atoms with Crippen LogP contribution in [0.3, 0.4) is 0 Å². The highest BCUT2D eigenvalue weighted by Crippen LogP contribution is 2.34. The van der Waals surface area contributed by atoms with Crippen molar-refractivity contribution in [1.82, 2.24) is 0 Å². The van der Waals surface area contributed by atoms with E-state index in [-0.39, 0.29) is 30.7 Å². The molecule has 2 aliphatic heterocycles. The molecule has 7 heteroatoms. The van der Waals surface area contributed by atoms with E-state index in [9.17, 15) is 14.4 Å². The van der Waals surface area contributed by atoms with Crippen molar-refractivity contribution < 1.29 is 19.1 Å². The van der Waals surface area contributed by atoms with Crippen molar-refractivity contribution in [3.63, 3.8) is 0 Å². The van der Waals surface area contributed by atoms with Gasteiger partial charge in [-0.15, -0.1) is 11.8 Å². The van der Waals surface area contributed by atoms with Crippen LogP contribution in [0.15, 0.2) is 53.4 Å². The van der Waals surface area contributed by atoms with E-state index in [1.807, 2.05) is 42.5 Å². The maximum atomic E-state index is 12.4. The molecule has 2 amide bonds. The molecular weight excluding hydrogens is 364 g/mol. The molecule has 4 rings (SSSR count). The molecule has 2 aromatic rings. The molecule has 2 aliphatic rings. The Balaban J connectivity index is 1.37. The van der Waals surface area contributed by atoms with E-state index in [0.717, 1.165) is 22.6 Å². The topological polar surface area (TPSA) is 66.9 Å². The Hall–Kier alpha value is -2.80. The fraction of sp³-hybridized carbons (Fsp3) is 0.250. The first-order chi connectivity index (χ1) is 13.1. The smallest absolute Gasteiger partial charge is 0.326 e. The van der Waals surface area contributed by atoms with Gasteiger partial charge in [0.05, 0.1) is 11.4 Å². The van der Waals surface area contributed by atoms with Crippen LogP contribution in [-0.2, 0) is 25.5 Å². The number of hydrogen-bond acceptors (Lipinski definition) is 5. The summed E-state index contributed by atoms with van der Waals surface area (Å²) >= 11 is 1.45. The average Bonchev–Trinajstić information content (AvgIpc) is 3.12. The minimum atomic E-state index is -0.592. The molecule has 0 saturated carbocycles. The van der Waals surface area contributed by atoms with Gasteiger partial charge in [-0.05, 0) is 30.2 Å². The van der Waals surface area contributed by atoms with E-state index in [1.165, 1.54) is 16.7 Å². The number of anilines is 2. The summed E-state index contributed by atoms with van der Waals surface area (Å²) in [6.45, 7) is 0.0663. The third-order valence-electron chi connectivity index (χ3n) is 4.64. The highest BCUT2D eigenvalue weighted by Gasteiger charge is 2.28. The van der Waals surface area contributed by atoms with Crippen molar-refractivity contribution in [2.24, 2.45) is 0 Å². The molecule has 138 valence electrons. The van der Waals surface area contributed by atoms with Crippen LogP contribution in [0, 0.1) is 0 Å². The Morgan fingerprint density at radius 1 is 1.04 bits per heavy atom. The standard InChI is InChI=1S/C20H18N2O4S/c23-18(21-10-9-14-5-1-2-6-15(14)21)12-26-20(25)11-22-16-7-3-4-8-17(16)27-13-19(22)24/h1-8H,9-13H2. The normalized spacial score (nSPS) is 15.3. The Bertz CT molecular complexity index is 914. The van der Waals surface area contributed by atoms with Crippen molar-refractivity contribution >= 4 is 40.9 Å². The molecule has 0 saturated heterocycles. The van der Waals surface area contributed by atoms with Crippen LogP contribution in [0.25, 0.3) is 0 Å². The Morgan fingerprint density at radius 3 is 2.63 bits per heavy atom. The van der Waals surface area contributed by atoms with Crippen molar-refractivity contribution in [3.8, 4) is 0 Å². The van der Waals surface area contributed by atoms with Gasteiger partial charge in [-0.1, -0.05) is 30.3 Å². The molecule has 0 fully saturated rings. The highest BCUT2D eigenvalue weighted by molar-refractivity contribution is 8.00. The van der Waals surface area contributed by atoms with E-state index in [2.05, 4.69) is 0 Å². The van der Waals surface area contributed by atoms with Gasteiger partial charge in [0.25, 0.3) is 5.91 Å². The van der Waals surface area contributed by atoms with Crippen molar-refractivity contribution in [1.29, 1.82) is 0 Å². The fourth-order valence-corrected chi connectivity index (χ4v) is 4.26. The van der Waals surface area contributed by atoms with Crippen LogP contribution in [0.5, 0.6) is 0 Å². The first-order valence-corrected chi connectivity index (χ1v) is 9.68. The van der Waals surface area contributed by atoms with E-state index in [0.29, 0.717) is 12.2 Å². The molecule has 0 aromatic heterocycles. The predicted molar refractivity (Wildman–Crippen MR) is 103 cm³/mol. The Morgan fingerprint density at radius 2 is 1.78 bits per heavy atom. The summed E-state index contributed by atoms with van der Waals surface area (Å²) in [4.78, 5) is 40.9. The van der Waals surface area contributed by atoms with Gasteiger partial charge in [0, 0.05) is 17.1 Å². The lowest BCUT2D eigenvalue weighted by atomic mass is 10.2. The molecule has 0 spiro atoms. The summed E-state index contributed by atoms with van der Waals surface area (Å²) in [5, 5.41) is 0. The molecule has 2 heterocycles. The molecule has 0 aliphatic carbocycles. The van der Waals surface area contributed by atoms with Gasteiger partial charge in [0.1, 0.15) is 6.54 Å². The number of amides is 2. The Labute approximate surface area is 161 Å². The lowest BCUT2D eigenvalue weighted by Gasteiger charge is -2.28. The summed E-state index contributed by atoms with van der Waals surface area (Å²) in [5.41, 5.74) is 2.69. The molecule has 0 unspecified atom stereocenters. The zero-order valence-corrected chi connectivity index (χ0v) is 15.4. The number of thioether (sulfide) groups is 1. The molecule has 27 heavy (non-hydrogen) atoms. The summed E-state index contributed by atoms with van der Waals surface area (Å²) in [6.07, 6.45) is 0.798. The third-order valence-corrected chi connectivity index (χ3v) is 5.69. The number of nitrogens with zero attached hydrogens (tertiary/aromatic N) is 2. The maximum absolute atomic E-state index is 12.4. The van der Waals surface area contributed by atoms with Crippen LogP contribution in [-0.4, -0.2) is 43.2 Å². The van der Waals surface area contributed by atoms with Gasteiger partial charge in [-0.25, -0.2) is 0 Å². The molecule has 6 nitrogen and oxygen atoms in total. The first kappa shape index (κ1) is 17.6. The molecule has 0 bridgehead atoms. The number of rotatable bonds is 4. The molecule has 0 atom stereocenters. The predicted octanol–water partition coefficient (Wildman–Crippen LogP) is 2.26. The number of hydrogen-bond donors (Lipinski definition) is 0. The quantitative estimate of drug-likeness (QED) is 0.759. The van der Waals surface area contributed by atoms with Gasteiger partial charge in [0.15, 0.2) is 6.61 Å². The van der Waals surface area contributed by atoms with Crippen LogP contribution in [0.1, 0.15) is 5.56 Å². The van der Waals surface area contributed by atoms with Gasteiger partial charge < -0.3 is 9.64 Å². The number of esters is 1. The first-order valence-electron chi connectivity index (χ1n) is 8.69.